The third kappa shape index (κ3) is 4.18. The molecule has 2 rings (SSSR count). The van der Waals surface area contributed by atoms with Gasteiger partial charge in [-0.05, 0) is 37.4 Å². The Hall–Kier alpha value is -1.14. The van der Waals surface area contributed by atoms with Gasteiger partial charge in [-0.1, -0.05) is 6.92 Å². The summed E-state index contributed by atoms with van der Waals surface area (Å²) < 4.78 is 0. The van der Waals surface area contributed by atoms with Crippen LogP contribution in [0.1, 0.15) is 26.2 Å². The average Bonchev–Trinajstić information content (AvgIpc) is 2.40. The largest absolute Gasteiger partial charge is 0.351 e. The molecule has 1 aromatic heterocycles. The number of hydrogen-bond acceptors (Lipinski definition) is 6. The summed E-state index contributed by atoms with van der Waals surface area (Å²) in [4.78, 5) is 16.9. The first kappa shape index (κ1) is 15.3. The second-order valence-corrected chi connectivity index (χ2v) is 5.72. The summed E-state index contributed by atoms with van der Waals surface area (Å²) in [6.07, 6.45) is 3.44. The fraction of sp³-hybridized carbons (Fsp3) is 0.769. The van der Waals surface area contributed by atoms with Crippen molar-refractivity contribution in [2.45, 2.75) is 32.2 Å². The summed E-state index contributed by atoms with van der Waals surface area (Å²) in [6.45, 7) is 5.67. The van der Waals surface area contributed by atoms with E-state index in [9.17, 15) is 0 Å². The van der Waals surface area contributed by atoms with E-state index in [2.05, 4.69) is 32.1 Å². The molecular weight excluding hydrogens is 276 g/mol. The molecule has 1 fully saturated rings. The second kappa shape index (κ2) is 7.04. The molecular formula is C13H23ClN6. The summed E-state index contributed by atoms with van der Waals surface area (Å²) in [6, 6.07) is 0.414. The van der Waals surface area contributed by atoms with Crippen molar-refractivity contribution in [3.05, 3.63) is 5.28 Å². The van der Waals surface area contributed by atoms with Gasteiger partial charge in [-0.25, -0.2) is 0 Å². The van der Waals surface area contributed by atoms with Crippen LogP contribution in [0.5, 0.6) is 0 Å². The second-order valence-electron chi connectivity index (χ2n) is 5.38. The predicted molar refractivity (Wildman–Crippen MR) is 82.5 cm³/mol. The highest BCUT2D eigenvalue weighted by molar-refractivity contribution is 6.28. The van der Waals surface area contributed by atoms with Crippen molar-refractivity contribution in [2.75, 3.05) is 43.9 Å². The fourth-order valence-electron chi connectivity index (χ4n) is 2.40. The van der Waals surface area contributed by atoms with E-state index in [-0.39, 0.29) is 5.28 Å². The van der Waals surface area contributed by atoms with Crippen molar-refractivity contribution >= 4 is 23.5 Å². The molecule has 0 amide bonds. The predicted octanol–water partition coefficient (Wildman–Crippen LogP) is 1.88. The Morgan fingerprint density at radius 3 is 2.55 bits per heavy atom. The minimum atomic E-state index is 0.231. The van der Waals surface area contributed by atoms with E-state index in [1.807, 2.05) is 19.0 Å². The lowest BCUT2D eigenvalue weighted by molar-refractivity contribution is 0.219. The molecule has 0 aliphatic carbocycles. The topological polar surface area (TPSA) is 57.2 Å². The van der Waals surface area contributed by atoms with Gasteiger partial charge >= 0.3 is 0 Å². The van der Waals surface area contributed by atoms with Crippen LogP contribution < -0.4 is 10.2 Å². The Balaban J connectivity index is 1.94. The van der Waals surface area contributed by atoms with Gasteiger partial charge in [0.2, 0.25) is 17.2 Å². The molecule has 1 N–H and O–H groups in total. The Morgan fingerprint density at radius 1 is 1.25 bits per heavy atom. The van der Waals surface area contributed by atoms with E-state index in [0.717, 1.165) is 25.9 Å². The lowest BCUT2D eigenvalue weighted by atomic mass is 10.1. The van der Waals surface area contributed by atoms with Crippen molar-refractivity contribution in [3.63, 3.8) is 0 Å². The molecule has 1 aliphatic rings. The van der Waals surface area contributed by atoms with Gasteiger partial charge in [0.25, 0.3) is 0 Å². The summed E-state index contributed by atoms with van der Waals surface area (Å²) >= 11 is 5.94. The molecule has 2 heterocycles. The van der Waals surface area contributed by atoms with Crippen molar-refractivity contribution in [2.24, 2.45) is 0 Å². The van der Waals surface area contributed by atoms with Gasteiger partial charge in [-0.3, -0.25) is 0 Å². The Morgan fingerprint density at radius 2 is 1.95 bits per heavy atom. The zero-order valence-electron chi connectivity index (χ0n) is 12.4. The summed E-state index contributed by atoms with van der Waals surface area (Å²) in [5, 5.41) is 3.61. The number of nitrogens with zero attached hydrogens (tertiary/aromatic N) is 5. The fourth-order valence-corrected chi connectivity index (χ4v) is 2.56. The maximum Gasteiger partial charge on any atom is 0.230 e. The zero-order chi connectivity index (χ0) is 14.5. The van der Waals surface area contributed by atoms with Crippen molar-refractivity contribution in [1.29, 1.82) is 0 Å². The standard InChI is InChI=1S/C13H23ClN6/c1-4-7-20-8-5-10(6-9-20)15-12-16-11(14)17-13(18-12)19(2)3/h10H,4-9H2,1-3H3,(H,15,16,17,18). The van der Waals surface area contributed by atoms with Gasteiger partial charge in [0.1, 0.15) is 0 Å². The highest BCUT2D eigenvalue weighted by atomic mass is 35.5. The van der Waals surface area contributed by atoms with Gasteiger partial charge in [0, 0.05) is 33.2 Å². The highest BCUT2D eigenvalue weighted by Gasteiger charge is 2.19. The molecule has 0 radical (unpaired) electrons. The number of halogens is 1. The smallest absolute Gasteiger partial charge is 0.230 e. The normalized spacial score (nSPS) is 17.2. The first-order valence-electron chi connectivity index (χ1n) is 7.16. The minimum absolute atomic E-state index is 0.231. The number of nitrogens with one attached hydrogen (secondary N) is 1. The van der Waals surface area contributed by atoms with Crippen LogP contribution in [0.3, 0.4) is 0 Å². The maximum absolute atomic E-state index is 5.94. The monoisotopic (exact) mass is 298 g/mol. The van der Waals surface area contributed by atoms with E-state index in [4.69, 9.17) is 11.6 Å². The number of piperidine rings is 1. The Bertz CT molecular complexity index is 431. The van der Waals surface area contributed by atoms with Gasteiger partial charge in [0.15, 0.2) is 0 Å². The molecule has 1 aliphatic heterocycles. The number of anilines is 2. The molecule has 0 spiro atoms. The van der Waals surface area contributed by atoms with Crippen molar-refractivity contribution in [1.82, 2.24) is 19.9 Å². The molecule has 112 valence electrons. The number of likely N-dealkylation sites (tertiary alicyclic amines) is 1. The molecule has 0 atom stereocenters. The molecule has 0 saturated carbocycles. The molecule has 1 aromatic rings. The molecule has 6 nitrogen and oxygen atoms in total. The number of hydrogen-bond donors (Lipinski definition) is 1. The van der Waals surface area contributed by atoms with Crippen LogP contribution in [0.15, 0.2) is 0 Å². The van der Waals surface area contributed by atoms with Gasteiger partial charge < -0.3 is 15.1 Å². The van der Waals surface area contributed by atoms with Crippen LogP contribution in [-0.4, -0.2) is 59.6 Å². The maximum atomic E-state index is 5.94. The van der Waals surface area contributed by atoms with Crippen LogP contribution >= 0.6 is 11.6 Å². The summed E-state index contributed by atoms with van der Waals surface area (Å²) in [7, 11) is 3.78. The third-order valence-corrected chi connectivity index (χ3v) is 3.63. The van der Waals surface area contributed by atoms with Crippen molar-refractivity contribution in [3.8, 4) is 0 Å². The minimum Gasteiger partial charge on any atom is -0.351 e. The first-order valence-corrected chi connectivity index (χ1v) is 7.54. The van der Waals surface area contributed by atoms with Crippen LogP contribution in [0.25, 0.3) is 0 Å². The van der Waals surface area contributed by atoms with Gasteiger partial charge in [-0.15, -0.1) is 0 Å². The lowest BCUT2D eigenvalue weighted by Gasteiger charge is -2.32. The summed E-state index contributed by atoms with van der Waals surface area (Å²) in [5.74, 6) is 1.15. The molecule has 0 unspecified atom stereocenters. The number of aromatic nitrogens is 3. The lowest BCUT2D eigenvalue weighted by Crippen LogP contribution is -2.39. The van der Waals surface area contributed by atoms with Crippen molar-refractivity contribution < 1.29 is 0 Å². The summed E-state index contributed by atoms with van der Waals surface area (Å²) in [5.41, 5.74) is 0. The highest BCUT2D eigenvalue weighted by Crippen LogP contribution is 2.17. The Labute approximate surface area is 125 Å². The molecule has 0 aromatic carbocycles. The number of rotatable bonds is 5. The first-order chi connectivity index (χ1) is 9.58. The Kier molecular flexibility index (Phi) is 5.37. The van der Waals surface area contributed by atoms with E-state index >= 15 is 0 Å². The molecule has 0 bridgehead atoms. The van der Waals surface area contributed by atoms with Crippen LogP contribution in [0.2, 0.25) is 5.28 Å². The molecule has 1 saturated heterocycles. The third-order valence-electron chi connectivity index (χ3n) is 3.46. The van der Waals surface area contributed by atoms with E-state index in [0.29, 0.717) is 17.9 Å². The SMILES string of the molecule is CCCN1CCC(Nc2nc(Cl)nc(N(C)C)n2)CC1. The van der Waals surface area contributed by atoms with Crippen LogP contribution in [0.4, 0.5) is 11.9 Å². The quantitative estimate of drug-likeness (QED) is 0.896. The van der Waals surface area contributed by atoms with Crippen LogP contribution in [0, 0.1) is 0 Å². The van der Waals surface area contributed by atoms with Crippen LogP contribution in [-0.2, 0) is 0 Å². The van der Waals surface area contributed by atoms with Gasteiger partial charge in [-0.2, -0.15) is 15.0 Å². The van der Waals surface area contributed by atoms with Gasteiger partial charge in [0.05, 0.1) is 0 Å². The van der Waals surface area contributed by atoms with E-state index < -0.39 is 0 Å². The van der Waals surface area contributed by atoms with E-state index in [1.165, 1.54) is 13.0 Å². The van der Waals surface area contributed by atoms with E-state index in [1.54, 1.807) is 0 Å². The molecule has 7 heteroatoms. The zero-order valence-corrected chi connectivity index (χ0v) is 13.2. The average molecular weight is 299 g/mol. The molecule has 20 heavy (non-hydrogen) atoms.